The number of alkyl halides is 3. The fourth-order valence-corrected chi connectivity index (χ4v) is 3.16. The highest BCUT2D eigenvalue weighted by Crippen LogP contribution is 2.35. The van der Waals surface area contributed by atoms with Gasteiger partial charge in [-0.25, -0.2) is 4.98 Å². The van der Waals surface area contributed by atoms with Crippen molar-refractivity contribution < 1.29 is 13.2 Å². The van der Waals surface area contributed by atoms with Gasteiger partial charge in [-0.15, -0.1) is 11.3 Å². The van der Waals surface area contributed by atoms with Gasteiger partial charge in [0.15, 0.2) is 0 Å². The zero-order valence-corrected chi connectivity index (χ0v) is 10.2. The summed E-state index contributed by atoms with van der Waals surface area (Å²) < 4.78 is 36.7. The molecule has 1 aromatic rings. The van der Waals surface area contributed by atoms with E-state index in [9.17, 15) is 13.2 Å². The smallest absolute Gasteiger partial charge is 0.320 e. The third kappa shape index (κ3) is 3.19. The zero-order chi connectivity index (χ0) is 12.5. The van der Waals surface area contributed by atoms with Crippen molar-refractivity contribution in [1.29, 1.82) is 0 Å². The van der Waals surface area contributed by atoms with Crippen molar-refractivity contribution in [3.8, 4) is 0 Å². The molecular weight excluding hydrogens is 249 g/mol. The van der Waals surface area contributed by atoms with Crippen molar-refractivity contribution in [3.63, 3.8) is 0 Å². The average Bonchev–Trinajstić information content (AvgIpc) is 2.65. The number of thiazole rings is 1. The van der Waals surface area contributed by atoms with E-state index in [0.29, 0.717) is 5.69 Å². The Kier molecular flexibility index (Phi) is 3.45. The van der Waals surface area contributed by atoms with E-state index in [4.69, 9.17) is 5.73 Å². The van der Waals surface area contributed by atoms with Gasteiger partial charge in [0.2, 0.25) is 0 Å². The van der Waals surface area contributed by atoms with Crippen LogP contribution in [0.5, 0.6) is 0 Å². The minimum atomic E-state index is -4.19. The monoisotopic (exact) mass is 264 g/mol. The summed E-state index contributed by atoms with van der Waals surface area (Å²) in [6, 6.07) is 0. The third-order valence-electron chi connectivity index (χ3n) is 3.16. The lowest BCUT2D eigenvalue weighted by Gasteiger charge is -2.31. The first kappa shape index (κ1) is 12.8. The molecule has 0 unspecified atom stereocenters. The number of aromatic nitrogens is 1. The lowest BCUT2D eigenvalue weighted by atomic mass is 9.81. The molecule has 0 aliphatic heterocycles. The summed E-state index contributed by atoms with van der Waals surface area (Å²) in [4.78, 5) is 4.06. The van der Waals surface area contributed by atoms with Gasteiger partial charge < -0.3 is 5.73 Å². The van der Waals surface area contributed by atoms with E-state index in [0.717, 1.165) is 43.4 Å². The fraction of sp³-hybridized carbons (Fsp3) is 0.727. The average molecular weight is 264 g/mol. The molecule has 1 heterocycles. The predicted octanol–water partition coefficient (Wildman–Crippen LogP) is 3.37. The van der Waals surface area contributed by atoms with Crippen LogP contribution in [0, 0.1) is 0 Å². The van der Waals surface area contributed by atoms with Crippen LogP contribution in [0.3, 0.4) is 0 Å². The van der Waals surface area contributed by atoms with Gasteiger partial charge in [0, 0.05) is 5.38 Å². The second-order valence-electron chi connectivity index (χ2n) is 4.64. The molecule has 1 fully saturated rings. The normalized spacial score (nSPS) is 20.5. The maximum absolute atomic E-state index is 12.2. The molecule has 1 aliphatic rings. The van der Waals surface area contributed by atoms with E-state index in [1.807, 2.05) is 0 Å². The molecule has 0 atom stereocenters. The first-order valence-electron chi connectivity index (χ1n) is 5.70. The Labute approximate surface area is 102 Å². The number of hydrogen-bond donors (Lipinski definition) is 1. The Balaban J connectivity index is 2.12. The van der Waals surface area contributed by atoms with Crippen LogP contribution >= 0.6 is 11.3 Å². The van der Waals surface area contributed by atoms with Crippen LogP contribution in [0.4, 0.5) is 13.2 Å². The Bertz CT molecular complexity index is 380. The second-order valence-corrected chi connectivity index (χ2v) is 5.58. The van der Waals surface area contributed by atoms with E-state index in [2.05, 4.69) is 4.98 Å². The molecule has 1 aliphatic carbocycles. The first-order valence-corrected chi connectivity index (χ1v) is 6.58. The van der Waals surface area contributed by atoms with Gasteiger partial charge in [-0.1, -0.05) is 19.3 Å². The van der Waals surface area contributed by atoms with Crippen molar-refractivity contribution in [2.45, 2.75) is 50.2 Å². The van der Waals surface area contributed by atoms with Gasteiger partial charge in [0.25, 0.3) is 0 Å². The molecule has 0 radical (unpaired) electrons. The summed E-state index contributed by atoms with van der Waals surface area (Å²) in [5.41, 5.74) is 6.36. The molecule has 1 saturated carbocycles. The van der Waals surface area contributed by atoms with Crippen molar-refractivity contribution >= 4 is 11.3 Å². The number of nitrogens with two attached hydrogens (primary N) is 1. The van der Waals surface area contributed by atoms with E-state index in [1.165, 1.54) is 0 Å². The second kappa shape index (κ2) is 4.57. The highest BCUT2D eigenvalue weighted by atomic mass is 32.1. The summed E-state index contributed by atoms with van der Waals surface area (Å²) in [6.07, 6.45) is -0.286. The lowest BCUT2D eigenvalue weighted by Crippen LogP contribution is -2.39. The fourth-order valence-electron chi connectivity index (χ4n) is 2.23. The maximum Gasteiger partial charge on any atom is 0.395 e. The topological polar surface area (TPSA) is 38.9 Å². The van der Waals surface area contributed by atoms with E-state index in [1.54, 1.807) is 5.38 Å². The van der Waals surface area contributed by atoms with Crippen LogP contribution in [0.2, 0.25) is 0 Å². The van der Waals surface area contributed by atoms with Crippen LogP contribution < -0.4 is 5.73 Å². The quantitative estimate of drug-likeness (QED) is 0.889. The molecule has 2 nitrogen and oxygen atoms in total. The Hall–Kier alpha value is -0.620. The van der Waals surface area contributed by atoms with Crippen molar-refractivity contribution in [3.05, 3.63) is 16.1 Å². The molecular formula is C11H15F3N2S. The van der Waals surface area contributed by atoms with Crippen molar-refractivity contribution in [2.24, 2.45) is 5.73 Å². The Morgan fingerprint density at radius 3 is 2.53 bits per heavy atom. The molecule has 0 spiro atoms. The third-order valence-corrected chi connectivity index (χ3v) is 4.01. The lowest BCUT2D eigenvalue weighted by molar-refractivity contribution is -0.127. The van der Waals surface area contributed by atoms with Crippen LogP contribution in [-0.2, 0) is 12.0 Å². The van der Waals surface area contributed by atoms with E-state index >= 15 is 0 Å². The molecule has 2 rings (SSSR count). The summed E-state index contributed by atoms with van der Waals surface area (Å²) >= 11 is 1.06. The van der Waals surface area contributed by atoms with Crippen LogP contribution in [0.25, 0.3) is 0 Å². The molecule has 96 valence electrons. The van der Waals surface area contributed by atoms with Crippen molar-refractivity contribution in [2.75, 3.05) is 0 Å². The standard InChI is InChI=1S/C11H15F3N2S/c12-11(13,14)6-9-16-8(7-17-9)10(15)4-2-1-3-5-10/h7H,1-6,15H2. The number of nitrogens with zero attached hydrogens (tertiary/aromatic N) is 1. The molecule has 0 bridgehead atoms. The Morgan fingerprint density at radius 1 is 1.29 bits per heavy atom. The zero-order valence-electron chi connectivity index (χ0n) is 9.39. The minimum Gasteiger partial charge on any atom is -0.320 e. The van der Waals surface area contributed by atoms with E-state index < -0.39 is 18.1 Å². The van der Waals surface area contributed by atoms with Gasteiger partial charge in [-0.05, 0) is 12.8 Å². The summed E-state index contributed by atoms with van der Waals surface area (Å²) in [7, 11) is 0. The van der Waals surface area contributed by atoms with Gasteiger partial charge in [0.1, 0.15) is 5.01 Å². The SMILES string of the molecule is NC1(c2csc(CC(F)(F)F)n2)CCCCC1. The summed E-state index contributed by atoms with van der Waals surface area (Å²) in [5, 5.41) is 1.80. The van der Waals surface area contributed by atoms with Gasteiger partial charge in [0.05, 0.1) is 17.7 Å². The number of halogens is 3. The van der Waals surface area contributed by atoms with Crippen molar-refractivity contribution in [1.82, 2.24) is 4.98 Å². The number of hydrogen-bond acceptors (Lipinski definition) is 3. The van der Waals surface area contributed by atoms with E-state index in [-0.39, 0.29) is 5.01 Å². The maximum atomic E-state index is 12.2. The summed E-state index contributed by atoms with van der Waals surface area (Å²) in [6.45, 7) is 0. The van der Waals surface area contributed by atoms with Crippen LogP contribution in [0.15, 0.2) is 5.38 Å². The molecule has 17 heavy (non-hydrogen) atoms. The van der Waals surface area contributed by atoms with Crippen LogP contribution in [0.1, 0.15) is 42.8 Å². The highest BCUT2D eigenvalue weighted by molar-refractivity contribution is 7.09. The molecule has 0 aromatic carbocycles. The molecule has 1 aromatic heterocycles. The largest absolute Gasteiger partial charge is 0.395 e. The predicted molar refractivity (Wildman–Crippen MR) is 60.8 cm³/mol. The number of rotatable bonds is 2. The van der Waals surface area contributed by atoms with Gasteiger partial charge >= 0.3 is 6.18 Å². The molecule has 6 heteroatoms. The first-order chi connectivity index (χ1) is 7.89. The molecule has 0 amide bonds. The van der Waals surface area contributed by atoms with Gasteiger partial charge in [-0.3, -0.25) is 0 Å². The molecule has 0 saturated heterocycles. The highest BCUT2D eigenvalue weighted by Gasteiger charge is 2.34. The Morgan fingerprint density at radius 2 is 1.94 bits per heavy atom. The summed E-state index contributed by atoms with van der Waals surface area (Å²) in [5.74, 6) is 0. The molecule has 2 N–H and O–H groups in total. The minimum absolute atomic E-state index is 0.114. The van der Waals surface area contributed by atoms with Gasteiger partial charge in [-0.2, -0.15) is 13.2 Å². The van der Waals surface area contributed by atoms with Crippen LogP contribution in [-0.4, -0.2) is 11.2 Å².